The average molecular weight is 392 g/mol. The minimum absolute atomic E-state index is 0.151. The molecule has 0 atom stereocenters. The highest BCUT2D eigenvalue weighted by Gasteiger charge is 2.12. The summed E-state index contributed by atoms with van der Waals surface area (Å²) >= 11 is 1.36. The third-order valence-electron chi connectivity index (χ3n) is 4.06. The van der Waals surface area contributed by atoms with Crippen LogP contribution >= 0.6 is 11.3 Å². The number of anilines is 2. The summed E-state index contributed by atoms with van der Waals surface area (Å²) in [6.07, 6.45) is 0. The van der Waals surface area contributed by atoms with Crippen LogP contribution in [0.5, 0.6) is 0 Å². The molecule has 0 saturated heterocycles. The van der Waals surface area contributed by atoms with Crippen LogP contribution in [-0.4, -0.2) is 33.1 Å². The summed E-state index contributed by atoms with van der Waals surface area (Å²) in [7, 11) is 1.81. The number of aromatic amines is 1. The van der Waals surface area contributed by atoms with E-state index in [2.05, 4.69) is 25.5 Å². The van der Waals surface area contributed by atoms with Crippen molar-refractivity contribution in [1.29, 1.82) is 0 Å². The highest BCUT2D eigenvalue weighted by Crippen LogP contribution is 2.15. The van der Waals surface area contributed by atoms with Crippen molar-refractivity contribution in [1.82, 2.24) is 20.2 Å². The zero-order chi connectivity index (χ0) is 19.5. The van der Waals surface area contributed by atoms with E-state index in [0.717, 1.165) is 0 Å². The highest BCUT2D eigenvalue weighted by atomic mass is 32.1. The number of hydrogen-bond donors (Lipinski definition) is 2. The van der Waals surface area contributed by atoms with Crippen molar-refractivity contribution in [2.45, 2.75) is 6.54 Å². The predicted octanol–water partition coefficient (Wildman–Crippen LogP) is 2.66. The van der Waals surface area contributed by atoms with Crippen LogP contribution < -0.4 is 15.8 Å². The second-order valence-electron chi connectivity index (χ2n) is 6.10. The molecule has 0 fully saturated rings. The number of H-pyrrole nitrogens is 1. The van der Waals surface area contributed by atoms with Gasteiger partial charge in [0.15, 0.2) is 11.5 Å². The maximum absolute atomic E-state index is 12.2. The minimum atomic E-state index is -0.332. The number of rotatable bonds is 5. The van der Waals surface area contributed by atoms with Crippen LogP contribution in [0.15, 0.2) is 58.7 Å². The van der Waals surface area contributed by atoms with Crippen molar-refractivity contribution >= 4 is 39.0 Å². The molecule has 1 amide bonds. The Morgan fingerprint density at radius 3 is 2.71 bits per heavy atom. The molecule has 9 heteroatoms. The summed E-state index contributed by atoms with van der Waals surface area (Å²) in [5.74, 6) is 0.761. The number of nitrogens with one attached hydrogen (secondary N) is 2. The summed E-state index contributed by atoms with van der Waals surface area (Å²) in [6.45, 7) is 0.352. The van der Waals surface area contributed by atoms with E-state index in [1.165, 1.54) is 11.3 Å². The minimum Gasteiger partial charge on any atom is -0.351 e. The lowest BCUT2D eigenvalue weighted by Crippen LogP contribution is -2.23. The van der Waals surface area contributed by atoms with Gasteiger partial charge in [-0.1, -0.05) is 18.2 Å². The van der Waals surface area contributed by atoms with Crippen LogP contribution in [0.3, 0.4) is 0 Å². The fourth-order valence-electron chi connectivity index (χ4n) is 2.67. The molecule has 4 aromatic rings. The van der Waals surface area contributed by atoms with Gasteiger partial charge in [-0.2, -0.15) is 0 Å². The largest absolute Gasteiger partial charge is 0.351 e. The third kappa shape index (κ3) is 3.74. The van der Waals surface area contributed by atoms with Crippen LogP contribution in [-0.2, 0) is 6.54 Å². The molecule has 3 heterocycles. The van der Waals surface area contributed by atoms with E-state index in [1.54, 1.807) is 29.2 Å². The molecule has 0 aliphatic carbocycles. The van der Waals surface area contributed by atoms with Crippen molar-refractivity contribution < 1.29 is 4.79 Å². The van der Waals surface area contributed by atoms with E-state index in [1.807, 2.05) is 36.7 Å². The monoisotopic (exact) mass is 392 g/mol. The van der Waals surface area contributed by atoms with Crippen LogP contribution in [0.25, 0.3) is 10.2 Å². The van der Waals surface area contributed by atoms with Crippen LogP contribution in [0.1, 0.15) is 16.3 Å². The summed E-state index contributed by atoms with van der Waals surface area (Å²) in [6, 6.07) is 14.3. The third-order valence-corrected chi connectivity index (χ3v) is 4.96. The van der Waals surface area contributed by atoms with Gasteiger partial charge in [0, 0.05) is 12.7 Å². The number of thiophene rings is 1. The number of para-hydroxylation sites is 1. The lowest BCUT2D eigenvalue weighted by atomic mass is 10.3. The topological polar surface area (TPSA) is 104 Å². The Balaban J connectivity index is 1.46. The molecule has 1 aromatic carbocycles. The molecule has 0 saturated carbocycles. The molecule has 140 valence electrons. The molecule has 4 rings (SSSR count). The number of hydrogen-bond acceptors (Lipinski definition) is 7. The molecule has 0 aliphatic rings. The molecule has 0 bridgehead atoms. The first kappa shape index (κ1) is 17.8. The van der Waals surface area contributed by atoms with E-state index in [4.69, 9.17) is 0 Å². The SMILES string of the molecule is CN(Cc1nc2ccsc2c(=O)[nH]1)c1ccc(C(=O)Nc2ccccc2)nn1. The lowest BCUT2D eigenvalue weighted by molar-refractivity contribution is 0.102. The van der Waals surface area contributed by atoms with Gasteiger partial charge in [-0.15, -0.1) is 21.5 Å². The first-order valence-corrected chi connectivity index (χ1v) is 9.36. The van der Waals surface area contributed by atoms with Gasteiger partial charge >= 0.3 is 0 Å². The number of fused-ring (bicyclic) bond motifs is 1. The van der Waals surface area contributed by atoms with Crippen LogP contribution in [0.4, 0.5) is 11.5 Å². The number of aromatic nitrogens is 4. The maximum Gasteiger partial charge on any atom is 0.276 e. The van der Waals surface area contributed by atoms with Gasteiger partial charge < -0.3 is 15.2 Å². The van der Waals surface area contributed by atoms with E-state index < -0.39 is 0 Å². The van der Waals surface area contributed by atoms with Gasteiger partial charge in [0.2, 0.25) is 0 Å². The average Bonchev–Trinajstić information content (AvgIpc) is 3.18. The van der Waals surface area contributed by atoms with Gasteiger partial charge in [0.1, 0.15) is 10.5 Å². The van der Waals surface area contributed by atoms with Crippen molar-refractivity contribution in [3.63, 3.8) is 0 Å². The van der Waals surface area contributed by atoms with Crippen molar-refractivity contribution in [3.8, 4) is 0 Å². The number of carbonyl (C=O) groups excluding carboxylic acids is 1. The Hall–Kier alpha value is -3.59. The smallest absolute Gasteiger partial charge is 0.276 e. The van der Waals surface area contributed by atoms with Crippen molar-refractivity contribution in [2.24, 2.45) is 0 Å². The first-order valence-electron chi connectivity index (χ1n) is 8.48. The Labute approximate surface area is 163 Å². The predicted molar refractivity (Wildman–Crippen MR) is 109 cm³/mol. The Morgan fingerprint density at radius 2 is 1.96 bits per heavy atom. The summed E-state index contributed by atoms with van der Waals surface area (Å²) in [5.41, 5.74) is 1.43. The highest BCUT2D eigenvalue weighted by molar-refractivity contribution is 7.17. The normalized spacial score (nSPS) is 10.8. The Morgan fingerprint density at radius 1 is 1.14 bits per heavy atom. The number of benzene rings is 1. The van der Waals surface area contributed by atoms with Gasteiger partial charge in [-0.3, -0.25) is 9.59 Å². The zero-order valence-electron chi connectivity index (χ0n) is 14.9. The summed E-state index contributed by atoms with van der Waals surface area (Å²) < 4.78 is 0.611. The molecule has 0 radical (unpaired) electrons. The van der Waals surface area contributed by atoms with Crippen molar-refractivity contribution in [3.05, 3.63) is 75.8 Å². The lowest BCUT2D eigenvalue weighted by Gasteiger charge is -2.16. The number of nitrogens with zero attached hydrogens (tertiary/aromatic N) is 4. The molecule has 0 spiro atoms. The van der Waals surface area contributed by atoms with Gasteiger partial charge in [-0.05, 0) is 35.7 Å². The van der Waals surface area contributed by atoms with E-state index >= 15 is 0 Å². The maximum atomic E-state index is 12.2. The number of carbonyl (C=O) groups is 1. The second kappa shape index (κ2) is 7.57. The second-order valence-corrected chi connectivity index (χ2v) is 7.02. The van der Waals surface area contributed by atoms with E-state index in [9.17, 15) is 9.59 Å². The molecule has 2 N–H and O–H groups in total. The molecule has 8 nitrogen and oxygen atoms in total. The molecule has 0 aliphatic heterocycles. The Bertz CT molecular complexity index is 1170. The van der Waals surface area contributed by atoms with Gasteiger partial charge in [-0.25, -0.2) is 4.98 Å². The quantitative estimate of drug-likeness (QED) is 0.541. The summed E-state index contributed by atoms with van der Waals surface area (Å²) in [4.78, 5) is 33.4. The number of amides is 1. The van der Waals surface area contributed by atoms with Crippen LogP contribution in [0.2, 0.25) is 0 Å². The van der Waals surface area contributed by atoms with Gasteiger partial charge in [0.25, 0.3) is 11.5 Å². The molecule has 0 unspecified atom stereocenters. The fraction of sp³-hybridized carbons (Fsp3) is 0.105. The van der Waals surface area contributed by atoms with Crippen LogP contribution in [0, 0.1) is 0 Å². The fourth-order valence-corrected chi connectivity index (χ4v) is 3.39. The van der Waals surface area contributed by atoms with Gasteiger partial charge in [0.05, 0.1) is 12.1 Å². The standard InChI is InChI=1S/C19H16N6O2S/c1-25(11-15-21-13-9-10-28-17(13)19(27)22-15)16-8-7-14(23-24-16)18(26)20-12-5-3-2-4-6-12/h2-10H,11H2,1H3,(H,20,26)(H,21,22,27). The Kier molecular flexibility index (Phi) is 4.81. The molecular formula is C19H16N6O2S. The van der Waals surface area contributed by atoms with Crippen molar-refractivity contribution in [2.75, 3.05) is 17.3 Å². The molecule has 28 heavy (non-hydrogen) atoms. The molecule has 3 aromatic heterocycles. The molecular weight excluding hydrogens is 376 g/mol. The zero-order valence-corrected chi connectivity index (χ0v) is 15.7. The van der Waals surface area contributed by atoms with E-state index in [-0.39, 0.29) is 17.2 Å². The summed E-state index contributed by atoms with van der Waals surface area (Å²) in [5, 5.41) is 12.7. The first-order chi connectivity index (χ1) is 13.6. The van der Waals surface area contributed by atoms with E-state index in [0.29, 0.717) is 34.1 Å².